The van der Waals surface area contributed by atoms with Gasteiger partial charge < -0.3 is 10.2 Å². The lowest BCUT2D eigenvalue weighted by atomic mass is 10.3. The smallest absolute Gasteiger partial charge is 0.202 e. The Morgan fingerprint density at radius 2 is 2.12 bits per heavy atom. The number of hydrogen-bond donors (Lipinski definition) is 1. The lowest BCUT2D eigenvalue weighted by molar-refractivity contribution is 0.306. The zero-order valence-corrected chi connectivity index (χ0v) is 10.9. The number of nitrogens with zero attached hydrogens (tertiary/aromatic N) is 3. The first-order chi connectivity index (χ1) is 7.81. The zero-order chi connectivity index (χ0) is 11.4. The van der Waals surface area contributed by atoms with E-state index in [1.807, 2.05) is 0 Å². The molecule has 1 heterocycles. The molecular formula is C11H20N4S. The summed E-state index contributed by atoms with van der Waals surface area (Å²) >= 11 is 1.49. The van der Waals surface area contributed by atoms with Crippen LogP contribution in [0.5, 0.6) is 0 Å². The lowest BCUT2D eigenvalue weighted by Gasteiger charge is -2.16. The Morgan fingerprint density at radius 1 is 1.38 bits per heavy atom. The highest BCUT2D eigenvalue weighted by atomic mass is 32.1. The summed E-state index contributed by atoms with van der Waals surface area (Å²) in [5.74, 6) is 0.986. The molecule has 0 aromatic carbocycles. The minimum absolute atomic E-state index is 0.670. The Hall–Kier alpha value is -0.680. The summed E-state index contributed by atoms with van der Waals surface area (Å²) in [4.78, 5) is 6.90. The molecule has 1 fully saturated rings. The Kier molecular flexibility index (Phi) is 4.12. The van der Waals surface area contributed by atoms with Crippen molar-refractivity contribution in [3.8, 4) is 0 Å². The molecule has 0 unspecified atom stereocenters. The van der Waals surface area contributed by atoms with Crippen LogP contribution < -0.4 is 5.32 Å². The van der Waals surface area contributed by atoms with E-state index in [0.717, 1.165) is 37.0 Å². The number of anilines is 1. The van der Waals surface area contributed by atoms with Gasteiger partial charge in [-0.3, -0.25) is 0 Å². The number of aromatic nitrogens is 2. The molecule has 1 aliphatic rings. The van der Waals surface area contributed by atoms with Crippen molar-refractivity contribution < 1.29 is 0 Å². The van der Waals surface area contributed by atoms with Crippen molar-refractivity contribution >= 4 is 16.7 Å². The average molecular weight is 240 g/mol. The molecular weight excluding hydrogens is 220 g/mol. The van der Waals surface area contributed by atoms with Crippen LogP contribution in [0.1, 0.15) is 32.5 Å². The second-order valence-corrected chi connectivity index (χ2v) is 4.96. The third-order valence-corrected chi connectivity index (χ3v) is 3.60. The van der Waals surface area contributed by atoms with Gasteiger partial charge in [-0.2, -0.15) is 4.37 Å². The van der Waals surface area contributed by atoms with E-state index in [1.54, 1.807) is 0 Å². The molecule has 0 atom stereocenters. The predicted octanol–water partition coefficient (Wildman–Crippen LogP) is 2.00. The van der Waals surface area contributed by atoms with Crippen molar-refractivity contribution in [2.24, 2.45) is 0 Å². The average Bonchev–Trinajstić information content (AvgIpc) is 2.99. The van der Waals surface area contributed by atoms with Gasteiger partial charge in [-0.05, 0) is 25.9 Å². The minimum atomic E-state index is 0.670. The minimum Gasteiger partial charge on any atom is -0.358 e. The Bertz CT molecular complexity index is 318. The van der Waals surface area contributed by atoms with E-state index in [9.17, 15) is 0 Å². The molecule has 0 radical (unpaired) electrons. The second-order valence-electron chi connectivity index (χ2n) is 4.21. The van der Waals surface area contributed by atoms with Gasteiger partial charge in [0.15, 0.2) is 0 Å². The van der Waals surface area contributed by atoms with Crippen molar-refractivity contribution in [3.63, 3.8) is 0 Å². The van der Waals surface area contributed by atoms with E-state index < -0.39 is 0 Å². The second kappa shape index (κ2) is 5.59. The standard InChI is InChI=1S/C11H20N4S/c1-3-15(4-2)8-7-10-13-11(16-14-10)12-9-5-6-9/h9H,3-8H2,1-2H3,(H,12,13,14). The number of rotatable bonds is 7. The summed E-state index contributed by atoms with van der Waals surface area (Å²) in [5, 5.41) is 4.38. The third kappa shape index (κ3) is 3.42. The van der Waals surface area contributed by atoms with Gasteiger partial charge in [0.05, 0.1) is 0 Å². The highest BCUT2D eigenvalue weighted by molar-refractivity contribution is 7.09. The van der Waals surface area contributed by atoms with Crippen LogP contribution in [0.4, 0.5) is 5.13 Å². The van der Waals surface area contributed by atoms with Gasteiger partial charge in [0.1, 0.15) is 5.82 Å². The number of likely N-dealkylation sites (N-methyl/N-ethyl adjacent to an activating group) is 1. The Balaban J connectivity index is 1.77. The van der Waals surface area contributed by atoms with E-state index in [-0.39, 0.29) is 0 Å². The zero-order valence-electron chi connectivity index (χ0n) is 10.1. The van der Waals surface area contributed by atoms with Crippen LogP contribution in [0.15, 0.2) is 0 Å². The van der Waals surface area contributed by atoms with Gasteiger partial charge in [-0.1, -0.05) is 13.8 Å². The summed E-state index contributed by atoms with van der Waals surface area (Å²) < 4.78 is 4.38. The molecule has 1 aromatic rings. The number of hydrogen-bond acceptors (Lipinski definition) is 5. The van der Waals surface area contributed by atoms with E-state index in [0.29, 0.717) is 6.04 Å². The van der Waals surface area contributed by atoms with E-state index in [4.69, 9.17) is 0 Å². The van der Waals surface area contributed by atoms with Crippen molar-refractivity contribution in [1.29, 1.82) is 0 Å². The molecule has 1 saturated carbocycles. The molecule has 0 bridgehead atoms. The SMILES string of the molecule is CCN(CC)CCc1nsc(NC2CC2)n1. The van der Waals surface area contributed by atoms with Crippen molar-refractivity contribution in [3.05, 3.63) is 5.82 Å². The molecule has 0 saturated heterocycles. The van der Waals surface area contributed by atoms with Gasteiger partial charge in [0.2, 0.25) is 5.13 Å². The summed E-state index contributed by atoms with van der Waals surface area (Å²) in [5.41, 5.74) is 0. The van der Waals surface area contributed by atoms with Crippen LogP contribution in [0.3, 0.4) is 0 Å². The topological polar surface area (TPSA) is 41.1 Å². The van der Waals surface area contributed by atoms with Crippen molar-refractivity contribution in [2.45, 2.75) is 39.2 Å². The first-order valence-corrected chi connectivity index (χ1v) is 6.90. The summed E-state index contributed by atoms with van der Waals surface area (Å²) in [6.45, 7) is 7.66. The highest BCUT2D eigenvalue weighted by Gasteiger charge is 2.22. The fourth-order valence-corrected chi connectivity index (χ4v) is 2.30. The normalized spacial score (nSPS) is 15.7. The molecule has 16 heavy (non-hydrogen) atoms. The molecule has 1 aromatic heterocycles. The van der Waals surface area contributed by atoms with Crippen LogP contribution in [0.2, 0.25) is 0 Å². The van der Waals surface area contributed by atoms with Crippen molar-refractivity contribution in [1.82, 2.24) is 14.3 Å². The van der Waals surface area contributed by atoms with Crippen LogP contribution >= 0.6 is 11.5 Å². The van der Waals surface area contributed by atoms with Crippen LogP contribution in [-0.2, 0) is 6.42 Å². The lowest BCUT2D eigenvalue weighted by Crippen LogP contribution is -2.25. The maximum Gasteiger partial charge on any atom is 0.202 e. The van der Waals surface area contributed by atoms with Crippen LogP contribution in [0.25, 0.3) is 0 Å². The molecule has 0 aliphatic heterocycles. The van der Waals surface area contributed by atoms with Crippen LogP contribution in [0, 0.1) is 0 Å². The first kappa shape index (κ1) is 11.8. The molecule has 0 spiro atoms. The maximum absolute atomic E-state index is 4.50. The monoisotopic (exact) mass is 240 g/mol. The number of nitrogens with one attached hydrogen (secondary N) is 1. The van der Waals surface area contributed by atoms with Gasteiger partial charge in [0.25, 0.3) is 0 Å². The third-order valence-electron chi connectivity index (χ3n) is 2.92. The Labute approximate surface area is 101 Å². The fourth-order valence-electron chi connectivity index (χ4n) is 1.61. The fraction of sp³-hybridized carbons (Fsp3) is 0.818. The summed E-state index contributed by atoms with van der Waals surface area (Å²) in [6.07, 6.45) is 3.53. The quantitative estimate of drug-likeness (QED) is 0.791. The van der Waals surface area contributed by atoms with Crippen molar-refractivity contribution in [2.75, 3.05) is 25.0 Å². The molecule has 1 N–H and O–H groups in total. The van der Waals surface area contributed by atoms with E-state index >= 15 is 0 Å². The Morgan fingerprint density at radius 3 is 2.75 bits per heavy atom. The first-order valence-electron chi connectivity index (χ1n) is 6.13. The molecule has 5 heteroatoms. The van der Waals surface area contributed by atoms with E-state index in [2.05, 4.69) is 33.4 Å². The van der Waals surface area contributed by atoms with E-state index in [1.165, 1.54) is 24.4 Å². The predicted molar refractivity (Wildman–Crippen MR) is 68.0 cm³/mol. The molecule has 1 aliphatic carbocycles. The molecule has 2 rings (SSSR count). The van der Waals surface area contributed by atoms with Gasteiger partial charge >= 0.3 is 0 Å². The molecule has 0 amide bonds. The summed E-state index contributed by atoms with van der Waals surface area (Å²) in [6, 6.07) is 0.670. The highest BCUT2D eigenvalue weighted by Crippen LogP contribution is 2.25. The van der Waals surface area contributed by atoms with Gasteiger partial charge in [-0.25, -0.2) is 4.98 Å². The molecule has 90 valence electrons. The van der Waals surface area contributed by atoms with Gasteiger partial charge in [0, 0.05) is 30.5 Å². The van der Waals surface area contributed by atoms with Gasteiger partial charge in [-0.15, -0.1) is 0 Å². The maximum atomic E-state index is 4.50. The summed E-state index contributed by atoms with van der Waals surface area (Å²) in [7, 11) is 0. The van der Waals surface area contributed by atoms with Crippen LogP contribution in [-0.4, -0.2) is 39.9 Å². The molecule has 4 nitrogen and oxygen atoms in total. The largest absolute Gasteiger partial charge is 0.358 e.